The quantitative estimate of drug-likeness (QED) is 0.661. The average molecular weight is 406 g/mol. The van der Waals surface area contributed by atoms with Crippen LogP contribution in [0.1, 0.15) is 31.5 Å². The maximum atomic E-state index is 12.7. The van der Waals surface area contributed by atoms with Gasteiger partial charge >= 0.3 is 0 Å². The molecule has 0 unspecified atom stereocenters. The zero-order valence-electron chi connectivity index (χ0n) is 16.8. The molecule has 2 heterocycles. The summed E-state index contributed by atoms with van der Waals surface area (Å²) in [5.41, 5.74) is 2.94. The molecule has 2 aromatic rings. The van der Waals surface area contributed by atoms with Crippen LogP contribution in [0, 0.1) is 5.41 Å². The van der Waals surface area contributed by atoms with Gasteiger partial charge in [-0.1, -0.05) is 37.6 Å². The van der Waals surface area contributed by atoms with Gasteiger partial charge in [-0.25, -0.2) is 4.68 Å². The molecular formula is C21H28ClN3O3. The minimum Gasteiger partial charge on any atom is -0.385 e. The van der Waals surface area contributed by atoms with Crippen LogP contribution in [-0.2, 0) is 27.2 Å². The molecule has 1 amide bonds. The van der Waals surface area contributed by atoms with Crippen molar-refractivity contribution in [2.24, 2.45) is 5.41 Å². The molecule has 0 atom stereocenters. The zero-order valence-corrected chi connectivity index (χ0v) is 17.5. The Morgan fingerprint density at radius 2 is 2.07 bits per heavy atom. The molecule has 152 valence electrons. The Balaban J connectivity index is 1.78. The molecule has 0 bridgehead atoms. The lowest BCUT2D eigenvalue weighted by Crippen LogP contribution is -2.39. The summed E-state index contributed by atoms with van der Waals surface area (Å²) in [7, 11) is 1.66. The molecule has 3 rings (SSSR count). The van der Waals surface area contributed by atoms with Crippen molar-refractivity contribution in [1.82, 2.24) is 14.7 Å². The van der Waals surface area contributed by atoms with Crippen LogP contribution in [0.5, 0.6) is 0 Å². The second-order valence-electron chi connectivity index (χ2n) is 7.97. The highest BCUT2D eigenvalue weighted by molar-refractivity contribution is 6.32. The fourth-order valence-corrected chi connectivity index (χ4v) is 3.79. The fraction of sp³-hybridized carbons (Fsp3) is 0.524. The first-order chi connectivity index (χ1) is 13.4. The van der Waals surface area contributed by atoms with Crippen molar-refractivity contribution in [3.8, 4) is 5.69 Å². The lowest BCUT2D eigenvalue weighted by molar-refractivity contribution is -0.138. The Kier molecular flexibility index (Phi) is 6.75. The predicted octanol–water partition coefficient (Wildman–Crippen LogP) is 3.49. The number of para-hydroxylation sites is 1. The monoisotopic (exact) mass is 405 g/mol. The Morgan fingerprint density at radius 3 is 2.82 bits per heavy atom. The minimum absolute atomic E-state index is 0.00355. The summed E-state index contributed by atoms with van der Waals surface area (Å²) in [5.74, 6) is 0.00355. The molecule has 1 aromatic heterocycles. The van der Waals surface area contributed by atoms with Crippen LogP contribution in [-0.4, -0.2) is 54.1 Å². The number of halogens is 1. The highest BCUT2D eigenvalue weighted by Crippen LogP contribution is 2.32. The van der Waals surface area contributed by atoms with E-state index in [1.807, 2.05) is 40.0 Å². The van der Waals surface area contributed by atoms with Gasteiger partial charge in [0.05, 0.1) is 16.9 Å². The largest absolute Gasteiger partial charge is 0.385 e. The maximum Gasteiger partial charge on any atom is 0.248 e. The van der Waals surface area contributed by atoms with Crippen molar-refractivity contribution in [3.05, 3.63) is 46.7 Å². The number of carbonyl (C=O) groups excluding carboxylic acids is 1. The Morgan fingerprint density at radius 1 is 1.29 bits per heavy atom. The highest BCUT2D eigenvalue weighted by atomic mass is 35.5. The smallest absolute Gasteiger partial charge is 0.248 e. The molecule has 7 heteroatoms. The summed E-state index contributed by atoms with van der Waals surface area (Å²) < 4.78 is 12.4. The summed E-state index contributed by atoms with van der Waals surface area (Å²) >= 11 is 6.39. The van der Waals surface area contributed by atoms with Crippen LogP contribution in [0.15, 0.2) is 30.5 Å². The predicted molar refractivity (Wildman–Crippen MR) is 109 cm³/mol. The number of methoxy groups -OCH3 is 1. The van der Waals surface area contributed by atoms with Gasteiger partial charge in [-0.2, -0.15) is 5.10 Å². The summed E-state index contributed by atoms with van der Waals surface area (Å²) in [5, 5.41) is 5.23. The van der Waals surface area contributed by atoms with E-state index in [1.165, 1.54) is 0 Å². The van der Waals surface area contributed by atoms with Gasteiger partial charge in [-0.15, -0.1) is 0 Å². The number of rotatable bonds is 7. The first-order valence-electron chi connectivity index (χ1n) is 9.56. The van der Waals surface area contributed by atoms with Crippen LogP contribution in [0.25, 0.3) is 5.69 Å². The Hall–Kier alpha value is -1.89. The SMILES string of the molecule is COCCCOCC(=O)N1Cc2cnn(-c3ccccc3Cl)c2CC(C)(C)C1. The van der Waals surface area contributed by atoms with E-state index in [0.29, 0.717) is 31.3 Å². The van der Waals surface area contributed by atoms with E-state index in [1.54, 1.807) is 7.11 Å². The van der Waals surface area contributed by atoms with Crippen molar-refractivity contribution in [3.63, 3.8) is 0 Å². The van der Waals surface area contributed by atoms with Gasteiger partial charge in [0.2, 0.25) is 5.91 Å². The number of hydrogen-bond acceptors (Lipinski definition) is 4. The third-order valence-electron chi connectivity index (χ3n) is 4.88. The molecule has 0 spiro atoms. The normalized spacial score (nSPS) is 15.9. The van der Waals surface area contributed by atoms with E-state index < -0.39 is 0 Å². The van der Waals surface area contributed by atoms with Gasteiger partial charge in [0, 0.05) is 44.7 Å². The zero-order chi connectivity index (χ0) is 20.1. The van der Waals surface area contributed by atoms with Crippen LogP contribution < -0.4 is 0 Å². The van der Waals surface area contributed by atoms with Crippen molar-refractivity contribution in [2.45, 2.75) is 33.2 Å². The lowest BCUT2D eigenvalue weighted by atomic mass is 9.87. The molecule has 0 saturated heterocycles. The Labute approximate surface area is 171 Å². The number of fused-ring (bicyclic) bond motifs is 1. The molecule has 0 radical (unpaired) electrons. The number of carbonyl (C=O) groups is 1. The number of ether oxygens (including phenoxy) is 2. The van der Waals surface area contributed by atoms with Crippen LogP contribution in [0.2, 0.25) is 5.02 Å². The standard InChI is InChI=1S/C21H28ClN3O3/c1-21(2)11-19-16(12-23-25(19)18-8-5-4-7-17(18)22)13-24(15-21)20(26)14-28-10-6-9-27-3/h4-5,7-8,12H,6,9-11,13-15H2,1-3H3. The number of nitrogens with zero attached hydrogens (tertiary/aromatic N) is 3. The van der Waals surface area contributed by atoms with E-state index in [4.69, 9.17) is 21.1 Å². The van der Waals surface area contributed by atoms with Gasteiger partial charge in [0.1, 0.15) is 6.61 Å². The summed E-state index contributed by atoms with van der Waals surface area (Å²) in [6.45, 7) is 6.79. The summed E-state index contributed by atoms with van der Waals surface area (Å²) in [6, 6.07) is 7.69. The number of aromatic nitrogens is 2. The second kappa shape index (κ2) is 9.07. The number of amides is 1. The summed E-state index contributed by atoms with van der Waals surface area (Å²) in [6.07, 6.45) is 3.44. The van der Waals surface area contributed by atoms with Crippen LogP contribution in [0.4, 0.5) is 0 Å². The maximum absolute atomic E-state index is 12.7. The third-order valence-corrected chi connectivity index (χ3v) is 5.20. The molecule has 0 saturated carbocycles. The Bertz CT molecular complexity index is 819. The third kappa shape index (κ3) is 4.93. The van der Waals surface area contributed by atoms with Crippen LogP contribution in [0.3, 0.4) is 0 Å². The first-order valence-corrected chi connectivity index (χ1v) is 9.94. The lowest BCUT2D eigenvalue weighted by Gasteiger charge is -2.29. The second-order valence-corrected chi connectivity index (χ2v) is 8.38. The van der Waals surface area contributed by atoms with Gasteiger partial charge in [-0.05, 0) is 30.4 Å². The van der Waals surface area contributed by atoms with Crippen molar-refractivity contribution >= 4 is 17.5 Å². The molecule has 28 heavy (non-hydrogen) atoms. The van der Waals surface area contributed by atoms with Crippen molar-refractivity contribution in [1.29, 1.82) is 0 Å². The van der Waals surface area contributed by atoms with E-state index in [2.05, 4.69) is 18.9 Å². The highest BCUT2D eigenvalue weighted by Gasteiger charge is 2.32. The number of hydrogen-bond donors (Lipinski definition) is 0. The van der Waals surface area contributed by atoms with Gasteiger partial charge < -0.3 is 14.4 Å². The average Bonchev–Trinajstić information content (AvgIpc) is 2.95. The minimum atomic E-state index is -0.0873. The molecule has 6 nitrogen and oxygen atoms in total. The van der Waals surface area contributed by atoms with Crippen molar-refractivity contribution in [2.75, 3.05) is 33.5 Å². The first kappa shape index (κ1) is 20.8. The van der Waals surface area contributed by atoms with E-state index in [9.17, 15) is 4.79 Å². The van der Waals surface area contributed by atoms with E-state index in [0.717, 1.165) is 29.8 Å². The van der Waals surface area contributed by atoms with Crippen LogP contribution >= 0.6 is 11.6 Å². The molecular weight excluding hydrogens is 378 g/mol. The van der Waals surface area contributed by atoms with Gasteiger partial charge in [0.15, 0.2) is 0 Å². The van der Waals surface area contributed by atoms with E-state index in [-0.39, 0.29) is 17.9 Å². The molecule has 0 aliphatic carbocycles. The topological polar surface area (TPSA) is 56.6 Å². The van der Waals surface area contributed by atoms with Gasteiger partial charge in [0.25, 0.3) is 0 Å². The molecule has 1 aromatic carbocycles. The molecule has 0 fully saturated rings. The summed E-state index contributed by atoms with van der Waals surface area (Å²) in [4.78, 5) is 14.6. The molecule has 1 aliphatic heterocycles. The van der Waals surface area contributed by atoms with Crippen molar-refractivity contribution < 1.29 is 14.3 Å². The fourth-order valence-electron chi connectivity index (χ4n) is 3.58. The van der Waals surface area contributed by atoms with E-state index >= 15 is 0 Å². The number of benzene rings is 1. The molecule has 0 N–H and O–H groups in total. The van der Waals surface area contributed by atoms with Gasteiger partial charge in [-0.3, -0.25) is 4.79 Å². The molecule has 1 aliphatic rings.